The summed E-state index contributed by atoms with van der Waals surface area (Å²) in [4.78, 5) is 0. The Morgan fingerprint density at radius 3 is 2.23 bits per heavy atom. The van der Waals surface area contributed by atoms with Crippen molar-refractivity contribution in [1.29, 1.82) is 0 Å². The van der Waals surface area contributed by atoms with Gasteiger partial charge in [-0.05, 0) is 31.9 Å². The Kier molecular flexibility index (Phi) is 4.60. The van der Waals surface area contributed by atoms with E-state index in [1.165, 1.54) is 38.6 Å². The van der Waals surface area contributed by atoms with Crippen molar-refractivity contribution in [3.63, 3.8) is 0 Å². The first-order valence-electron chi connectivity index (χ1n) is 5.55. The molecule has 0 aromatic heterocycles. The average molecular weight is 201 g/mol. The van der Waals surface area contributed by atoms with Gasteiger partial charge in [-0.2, -0.15) is 11.8 Å². The van der Waals surface area contributed by atoms with Gasteiger partial charge in [0.15, 0.2) is 0 Å². The van der Waals surface area contributed by atoms with E-state index in [4.69, 9.17) is 0 Å². The minimum absolute atomic E-state index is 0.496. The molecule has 2 heteroatoms. The zero-order chi connectivity index (χ0) is 9.73. The maximum atomic E-state index is 3.69. The van der Waals surface area contributed by atoms with Crippen molar-refractivity contribution in [3.8, 4) is 0 Å². The lowest BCUT2D eigenvalue weighted by molar-refractivity contribution is 0.321. The molecule has 0 unspecified atom stereocenters. The first-order chi connectivity index (χ1) is 6.26. The molecule has 13 heavy (non-hydrogen) atoms. The van der Waals surface area contributed by atoms with E-state index in [1.54, 1.807) is 0 Å². The van der Waals surface area contributed by atoms with Gasteiger partial charge in [0.05, 0.1) is 0 Å². The molecule has 0 aromatic carbocycles. The van der Waals surface area contributed by atoms with Crippen LogP contribution in [0.3, 0.4) is 0 Å². The van der Waals surface area contributed by atoms with E-state index >= 15 is 0 Å². The molecule has 1 nitrogen and oxygen atoms in total. The van der Waals surface area contributed by atoms with E-state index in [-0.39, 0.29) is 0 Å². The van der Waals surface area contributed by atoms with Crippen molar-refractivity contribution in [1.82, 2.24) is 5.32 Å². The maximum Gasteiger partial charge on any atom is 0.0276 e. The van der Waals surface area contributed by atoms with Crippen LogP contribution in [-0.2, 0) is 0 Å². The van der Waals surface area contributed by atoms with Crippen molar-refractivity contribution in [2.24, 2.45) is 0 Å². The van der Waals surface area contributed by atoms with Gasteiger partial charge >= 0.3 is 0 Å². The maximum absolute atomic E-state index is 3.69. The smallest absolute Gasteiger partial charge is 0.0276 e. The number of hydrogen-bond donors (Lipinski definition) is 1. The monoisotopic (exact) mass is 201 g/mol. The van der Waals surface area contributed by atoms with Crippen molar-refractivity contribution in [2.45, 2.75) is 56.7 Å². The van der Waals surface area contributed by atoms with Crippen LogP contribution in [-0.4, -0.2) is 23.6 Å². The third-order valence-corrected chi connectivity index (χ3v) is 5.13. The zero-order valence-electron chi connectivity index (χ0n) is 9.23. The van der Waals surface area contributed by atoms with Gasteiger partial charge in [-0.15, -0.1) is 0 Å². The summed E-state index contributed by atoms with van der Waals surface area (Å²) in [5.41, 5.74) is 0. The van der Waals surface area contributed by atoms with Gasteiger partial charge in [-0.25, -0.2) is 0 Å². The number of rotatable bonds is 6. The Bertz CT molecular complexity index is 131. The second kappa shape index (κ2) is 5.26. The van der Waals surface area contributed by atoms with Crippen molar-refractivity contribution in [3.05, 3.63) is 0 Å². The Hall–Kier alpha value is 0.310. The molecule has 1 rings (SSSR count). The Morgan fingerprint density at radius 2 is 1.92 bits per heavy atom. The molecule has 1 N–H and O–H groups in total. The lowest BCUT2D eigenvalue weighted by atomic mass is 9.92. The first-order valence-corrected chi connectivity index (χ1v) is 6.77. The highest BCUT2D eigenvalue weighted by Crippen LogP contribution is 2.30. The second-order valence-electron chi connectivity index (χ2n) is 4.10. The predicted molar refractivity (Wildman–Crippen MR) is 62.5 cm³/mol. The van der Waals surface area contributed by atoms with Gasteiger partial charge in [0, 0.05) is 17.3 Å². The number of nitrogens with one attached hydrogen (secondary N) is 1. The van der Waals surface area contributed by atoms with E-state index in [9.17, 15) is 0 Å². The summed E-state index contributed by atoms with van der Waals surface area (Å²) in [5, 5.41) is 3.69. The van der Waals surface area contributed by atoms with Crippen LogP contribution in [0.15, 0.2) is 0 Å². The van der Waals surface area contributed by atoms with Crippen LogP contribution in [0.25, 0.3) is 0 Å². The summed E-state index contributed by atoms with van der Waals surface area (Å²) in [6, 6.07) is 0.838. The largest absolute Gasteiger partial charge is 0.313 e. The Morgan fingerprint density at radius 1 is 1.31 bits per heavy atom. The minimum atomic E-state index is 0.496. The standard InChI is InChI=1S/C11H23NS/c1-4-11(5-2,13-3)9-12-10-7-6-8-10/h10,12H,4-9H2,1-3H3. The lowest BCUT2D eigenvalue weighted by Crippen LogP contribution is -2.44. The van der Waals surface area contributed by atoms with Crippen LogP contribution in [0, 0.1) is 0 Å². The molecule has 1 saturated carbocycles. The van der Waals surface area contributed by atoms with Crippen molar-refractivity contribution >= 4 is 11.8 Å². The molecule has 1 fully saturated rings. The molecule has 0 saturated heterocycles. The molecule has 1 aliphatic carbocycles. The van der Waals surface area contributed by atoms with Crippen LogP contribution in [0.2, 0.25) is 0 Å². The normalized spacial score (nSPS) is 18.7. The minimum Gasteiger partial charge on any atom is -0.313 e. The molecular weight excluding hydrogens is 178 g/mol. The van der Waals surface area contributed by atoms with E-state index < -0.39 is 0 Å². The van der Waals surface area contributed by atoms with Crippen molar-refractivity contribution in [2.75, 3.05) is 12.8 Å². The van der Waals surface area contributed by atoms with Crippen LogP contribution in [0.4, 0.5) is 0 Å². The Labute approximate surface area is 87.1 Å². The summed E-state index contributed by atoms with van der Waals surface area (Å²) in [6.07, 6.45) is 9.04. The highest BCUT2D eigenvalue weighted by Gasteiger charge is 2.27. The molecule has 0 spiro atoms. The number of hydrogen-bond acceptors (Lipinski definition) is 2. The molecule has 0 aromatic rings. The van der Waals surface area contributed by atoms with Crippen LogP contribution in [0.1, 0.15) is 46.0 Å². The molecule has 0 amide bonds. The highest BCUT2D eigenvalue weighted by molar-refractivity contribution is 8.00. The summed E-state index contributed by atoms with van der Waals surface area (Å²) in [5.74, 6) is 0. The van der Waals surface area contributed by atoms with Gasteiger partial charge in [0.2, 0.25) is 0 Å². The zero-order valence-corrected chi connectivity index (χ0v) is 10.0. The summed E-state index contributed by atoms with van der Waals surface area (Å²) < 4.78 is 0.496. The first kappa shape index (κ1) is 11.4. The highest BCUT2D eigenvalue weighted by atomic mass is 32.2. The fourth-order valence-corrected chi connectivity index (χ4v) is 2.61. The molecule has 0 heterocycles. The Balaban J connectivity index is 2.27. The topological polar surface area (TPSA) is 12.0 Å². The molecule has 0 bridgehead atoms. The van der Waals surface area contributed by atoms with E-state index in [0.29, 0.717) is 4.75 Å². The fourth-order valence-electron chi connectivity index (χ4n) is 1.80. The second-order valence-corrected chi connectivity index (χ2v) is 5.38. The van der Waals surface area contributed by atoms with Crippen molar-refractivity contribution < 1.29 is 0 Å². The average Bonchev–Trinajstić information content (AvgIpc) is 2.11. The molecular formula is C11H23NS. The third-order valence-electron chi connectivity index (χ3n) is 3.54. The lowest BCUT2D eigenvalue weighted by Gasteiger charge is -2.35. The fraction of sp³-hybridized carbons (Fsp3) is 1.00. The van der Waals surface area contributed by atoms with Gasteiger partial charge in [-0.1, -0.05) is 20.3 Å². The quantitative estimate of drug-likeness (QED) is 0.709. The molecule has 0 radical (unpaired) electrons. The van der Waals surface area contributed by atoms with Crippen LogP contribution in [0.5, 0.6) is 0 Å². The van der Waals surface area contributed by atoms with Crippen LogP contribution >= 0.6 is 11.8 Å². The van der Waals surface area contributed by atoms with E-state index in [0.717, 1.165) is 6.04 Å². The van der Waals surface area contributed by atoms with Gasteiger partial charge in [-0.3, -0.25) is 0 Å². The van der Waals surface area contributed by atoms with Gasteiger partial charge in [0.25, 0.3) is 0 Å². The van der Waals surface area contributed by atoms with Crippen LogP contribution < -0.4 is 5.32 Å². The molecule has 0 atom stereocenters. The summed E-state index contributed by atoms with van der Waals surface area (Å²) in [7, 11) is 0. The summed E-state index contributed by atoms with van der Waals surface area (Å²) in [6.45, 7) is 5.82. The summed E-state index contributed by atoms with van der Waals surface area (Å²) >= 11 is 2.03. The molecule has 0 aliphatic heterocycles. The van der Waals surface area contributed by atoms with Gasteiger partial charge in [0.1, 0.15) is 0 Å². The van der Waals surface area contributed by atoms with Gasteiger partial charge < -0.3 is 5.32 Å². The predicted octanol–water partition coefficient (Wildman–Crippen LogP) is 3.05. The third kappa shape index (κ3) is 2.88. The van der Waals surface area contributed by atoms with E-state index in [1.807, 2.05) is 11.8 Å². The number of thioether (sulfide) groups is 1. The van der Waals surface area contributed by atoms with E-state index in [2.05, 4.69) is 25.4 Å². The molecule has 1 aliphatic rings. The molecule has 78 valence electrons. The SMILES string of the molecule is CCC(CC)(CNC1CCC1)SC.